The van der Waals surface area contributed by atoms with Gasteiger partial charge in [0, 0.05) is 22.7 Å². The number of hydrogen-bond acceptors (Lipinski definition) is 3. The van der Waals surface area contributed by atoms with Crippen molar-refractivity contribution < 1.29 is 0 Å². The maximum atomic E-state index is 4.33. The lowest BCUT2D eigenvalue weighted by molar-refractivity contribution is 0.400. The number of pyridine rings is 1. The van der Waals surface area contributed by atoms with E-state index < -0.39 is 0 Å². The lowest BCUT2D eigenvalue weighted by Gasteiger charge is -2.22. The molecule has 4 heteroatoms. The molecule has 0 aliphatic rings. The molecule has 19 heavy (non-hydrogen) atoms. The van der Waals surface area contributed by atoms with Crippen molar-refractivity contribution in [1.82, 2.24) is 19.7 Å². The van der Waals surface area contributed by atoms with E-state index >= 15 is 0 Å². The Morgan fingerprint density at radius 3 is 2.74 bits per heavy atom. The molecule has 0 spiro atoms. The van der Waals surface area contributed by atoms with Gasteiger partial charge in [-0.3, -0.25) is 4.98 Å². The molecule has 96 valence electrons. The number of fused-ring (bicyclic) bond motifs is 1. The highest BCUT2D eigenvalue weighted by atomic mass is 15.3. The smallest absolute Gasteiger partial charge is 0.164 e. The Bertz CT molecular complexity index is 722. The SMILES string of the molecule is CC(C)(C)n1cnnc1-c1ccc2ncccc2c1. The van der Waals surface area contributed by atoms with E-state index in [1.165, 1.54) is 0 Å². The van der Waals surface area contributed by atoms with E-state index in [1.54, 1.807) is 12.5 Å². The standard InChI is InChI=1S/C15H16N4/c1-15(2,3)19-10-17-18-14(19)12-6-7-13-11(9-12)5-4-8-16-13/h4-10H,1-3H3. The summed E-state index contributed by atoms with van der Waals surface area (Å²) in [4.78, 5) is 4.33. The summed E-state index contributed by atoms with van der Waals surface area (Å²) in [6, 6.07) is 10.2. The van der Waals surface area contributed by atoms with E-state index in [0.717, 1.165) is 22.3 Å². The Kier molecular flexibility index (Phi) is 2.59. The molecule has 0 saturated carbocycles. The van der Waals surface area contributed by atoms with E-state index in [1.807, 2.05) is 18.2 Å². The van der Waals surface area contributed by atoms with Crippen LogP contribution in [0.2, 0.25) is 0 Å². The van der Waals surface area contributed by atoms with Crippen molar-refractivity contribution in [3.05, 3.63) is 42.9 Å². The highest BCUT2D eigenvalue weighted by Gasteiger charge is 2.18. The van der Waals surface area contributed by atoms with Crippen molar-refractivity contribution in [3.63, 3.8) is 0 Å². The number of nitrogens with zero attached hydrogens (tertiary/aromatic N) is 4. The summed E-state index contributed by atoms with van der Waals surface area (Å²) in [7, 11) is 0. The predicted octanol–water partition coefficient (Wildman–Crippen LogP) is 3.25. The van der Waals surface area contributed by atoms with Gasteiger partial charge < -0.3 is 4.57 Å². The van der Waals surface area contributed by atoms with Crippen LogP contribution < -0.4 is 0 Å². The van der Waals surface area contributed by atoms with E-state index in [0.29, 0.717) is 0 Å². The third-order valence-electron chi connectivity index (χ3n) is 3.13. The molecule has 0 amide bonds. The monoisotopic (exact) mass is 252 g/mol. The summed E-state index contributed by atoms with van der Waals surface area (Å²) in [5, 5.41) is 9.41. The summed E-state index contributed by atoms with van der Waals surface area (Å²) < 4.78 is 2.09. The van der Waals surface area contributed by atoms with E-state index in [4.69, 9.17) is 0 Å². The van der Waals surface area contributed by atoms with Crippen LogP contribution in [0.3, 0.4) is 0 Å². The molecule has 0 aliphatic heterocycles. The number of hydrogen-bond donors (Lipinski definition) is 0. The summed E-state index contributed by atoms with van der Waals surface area (Å²) >= 11 is 0. The molecule has 0 N–H and O–H groups in total. The average molecular weight is 252 g/mol. The van der Waals surface area contributed by atoms with Crippen LogP contribution in [0.25, 0.3) is 22.3 Å². The van der Waals surface area contributed by atoms with Gasteiger partial charge >= 0.3 is 0 Å². The zero-order chi connectivity index (χ0) is 13.5. The van der Waals surface area contributed by atoms with Crippen LogP contribution in [0.1, 0.15) is 20.8 Å². The Hall–Kier alpha value is -2.23. The quantitative estimate of drug-likeness (QED) is 0.667. The lowest BCUT2D eigenvalue weighted by atomic mass is 10.1. The summed E-state index contributed by atoms with van der Waals surface area (Å²) in [6.45, 7) is 6.42. The first-order valence-corrected chi connectivity index (χ1v) is 6.31. The van der Waals surface area contributed by atoms with Crippen LogP contribution in [0.4, 0.5) is 0 Å². The second-order valence-corrected chi connectivity index (χ2v) is 5.61. The molecule has 0 fully saturated rings. The van der Waals surface area contributed by atoms with Crippen molar-refractivity contribution in [2.45, 2.75) is 26.3 Å². The van der Waals surface area contributed by atoms with Gasteiger partial charge in [-0.1, -0.05) is 6.07 Å². The maximum Gasteiger partial charge on any atom is 0.164 e. The molecular formula is C15H16N4. The third-order valence-corrected chi connectivity index (χ3v) is 3.13. The second-order valence-electron chi connectivity index (χ2n) is 5.61. The van der Waals surface area contributed by atoms with Crippen molar-refractivity contribution in [2.75, 3.05) is 0 Å². The first-order valence-electron chi connectivity index (χ1n) is 6.31. The highest BCUT2D eigenvalue weighted by molar-refractivity contribution is 5.83. The molecule has 0 atom stereocenters. The van der Waals surface area contributed by atoms with Crippen LogP contribution in [-0.2, 0) is 5.54 Å². The average Bonchev–Trinajstić information content (AvgIpc) is 2.87. The molecule has 0 saturated heterocycles. The normalized spacial score (nSPS) is 11.9. The van der Waals surface area contributed by atoms with E-state index in [9.17, 15) is 0 Å². The molecule has 1 aromatic carbocycles. The molecule has 0 radical (unpaired) electrons. The highest BCUT2D eigenvalue weighted by Crippen LogP contribution is 2.25. The summed E-state index contributed by atoms with van der Waals surface area (Å²) in [5.74, 6) is 0.887. The fraction of sp³-hybridized carbons (Fsp3) is 0.267. The van der Waals surface area contributed by atoms with E-state index in [2.05, 4.69) is 52.7 Å². The molecule has 2 heterocycles. The van der Waals surface area contributed by atoms with Crippen LogP contribution in [0.5, 0.6) is 0 Å². The van der Waals surface area contributed by atoms with Crippen LogP contribution in [-0.4, -0.2) is 19.7 Å². The molecule has 3 aromatic rings. The zero-order valence-corrected chi connectivity index (χ0v) is 11.3. The zero-order valence-electron chi connectivity index (χ0n) is 11.3. The van der Waals surface area contributed by atoms with Crippen molar-refractivity contribution in [2.24, 2.45) is 0 Å². The van der Waals surface area contributed by atoms with Crippen molar-refractivity contribution in [1.29, 1.82) is 0 Å². The minimum Gasteiger partial charge on any atom is -0.308 e. The van der Waals surface area contributed by atoms with Gasteiger partial charge in [0.15, 0.2) is 5.82 Å². The Morgan fingerprint density at radius 2 is 1.95 bits per heavy atom. The molecular weight excluding hydrogens is 236 g/mol. The first-order chi connectivity index (χ1) is 9.05. The van der Waals surface area contributed by atoms with Gasteiger partial charge in [0.1, 0.15) is 6.33 Å². The maximum absolute atomic E-state index is 4.33. The fourth-order valence-electron chi connectivity index (χ4n) is 2.14. The largest absolute Gasteiger partial charge is 0.308 e. The first kappa shape index (κ1) is 11.8. The van der Waals surface area contributed by atoms with Crippen molar-refractivity contribution in [3.8, 4) is 11.4 Å². The second kappa shape index (κ2) is 4.16. The summed E-state index contributed by atoms with van der Waals surface area (Å²) in [5.41, 5.74) is 2.02. The Labute approximate surface area is 112 Å². The minimum absolute atomic E-state index is 0.0390. The number of rotatable bonds is 1. The molecule has 2 aromatic heterocycles. The Balaban J connectivity index is 2.17. The molecule has 4 nitrogen and oxygen atoms in total. The molecule has 0 aliphatic carbocycles. The van der Waals surface area contributed by atoms with Gasteiger partial charge in [0.2, 0.25) is 0 Å². The van der Waals surface area contributed by atoms with E-state index in [-0.39, 0.29) is 5.54 Å². The van der Waals surface area contributed by atoms with Gasteiger partial charge in [0.25, 0.3) is 0 Å². The van der Waals surface area contributed by atoms with Gasteiger partial charge in [-0.2, -0.15) is 0 Å². The third kappa shape index (κ3) is 2.10. The van der Waals surface area contributed by atoms with Gasteiger partial charge in [-0.05, 0) is 45.0 Å². The van der Waals surface area contributed by atoms with Crippen molar-refractivity contribution >= 4 is 10.9 Å². The predicted molar refractivity (Wildman–Crippen MR) is 75.8 cm³/mol. The van der Waals surface area contributed by atoms with Crippen LogP contribution >= 0.6 is 0 Å². The minimum atomic E-state index is -0.0390. The van der Waals surface area contributed by atoms with Gasteiger partial charge in [-0.25, -0.2) is 0 Å². The van der Waals surface area contributed by atoms with Gasteiger partial charge in [-0.15, -0.1) is 10.2 Å². The Morgan fingerprint density at radius 1 is 1.11 bits per heavy atom. The van der Waals surface area contributed by atoms with Gasteiger partial charge in [0.05, 0.1) is 5.52 Å². The molecule has 0 unspecified atom stereocenters. The lowest BCUT2D eigenvalue weighted by Crippen LogP contribution is -2.21. The fourth-order valence-corrected chi connectivity index (χ4v) is 2.14. The number of aromatic nitrogens is 4. The van der Waals surface area contributed by atoms with Crippen LogP contribution in [0, 0.1) is 0 Å². The summed E-state index contributed by atoms with van der Waals surface area (Å²) in [6.07, 6.45) is 3.59. The topological polar surface area (TPSA) is 43.6 Å². The molecule has 0 bridgehead atoms. The van der Waals surface area contributed by atoms with Crippen LogP contribution in [0.15, 0.2) is 42.9 Å². The molecule has 3 rings (SSSR count). The number of benzene rings is 1.